The molecular formula is C17H13NO4. The average Bonchev–Trinajstić information content (AvgIpc) is 2.55. The Kier molecular flexibility index (Phi) is 3.62. The van der Waals surface area contributed by atoms with E-state index in [1.165, 1.54) is 19.4 Å². The topological polar surface area (TPSA) is 57.5 Å². The van der Waals surface area contributed by atoms with Crippen molar-refractivity contribution in [2.75, 3.05) is 7.11 Å². The van der Waals surface area contributed by atoms with Gasteiger partial charge in [-0.15, -0.1) is 4.73 Å². The highest BCUT2D eigenvalue weighted by Crippen LogP contribution is 2.26. The van der Waals surface area contributed by atoms with E-state index in [9.17, 15) is 9.59 Å². The normalized spacial score (nSPS) is 10.4. The van der Waals surface area contributed by atoms with Gasteiger partial charge in [-0.2, -0.15) is 0 Å². The second-order valence-electron chi connectivity index (χ2n) is 4.64. The van der Waals surface area contributed by atoms with Gasteiger partial charge in [0.15, 0.2) is 0 Å². The number of fused-ring (bicyclic) bond motifs is 1. The van der Waals surface area contributed by atoms with Crippen molar-refractivity contribution < 1.29 is 14.4 Å². The van der Waals surface area contributed by atoms with Crippen molar-refractivity contribution in [3.8, 4) is 5.75 Å². The summed E-state index contributed by atoms with van der Waals surface area (Å²) in [6, 6.07) is 15.5. The average molecular weight is 295 g/mol. The molecular weight excluding hydrogens is 282 g/mol. The maximum Gasteiger partial charge on any atom is 0.367 e. The summed E-state index contributed by atoms with van der Waals surface area (Å²) in [5, 5.41) is 1.84. The lowest BCUT2D eigenvalue weighted by Crippen LogP contribution is -2.29. The minimum Gasteiger partial charge on any atom is -0.496 e. The third-order valence-corrected chi connectivity index (χ3v) is 3.26. The predicted molar refractivity (Wildman–Crippen MR) is 82.1 cm³/mol. The summed E-state index contributed by atoms with van der Waals surface area (Å²) < 4.78 is 6.14. The standard InChI is InChI=1S/C17H13NO4/c1-21-15-11-13-7-3-2-6-12(13)10-14(15)17(20)22-18-9-5-4-8-16(18)19/h2-11H,1H3. The highest BCUT2D eigenvalue weighted by Gasteiger charge is 2.16. The van der Waals surface area contributed by atoms with Gasteiger partial charge in [0.25, 0.3) is 5.56 Å². The van der Waals surface area contributed by atoms with Crippen LogP contribution in [0, 0.1) is 0 Å². The Morgan fingerprint density at radius 2 is 1.68 bits per heavy atom. The van der Waals surface area contributed by atoms with Crippen LogP contribution >= 0.6 is 0 Å². The third-order valence-electron chi connectivity index (χ3n) is 3.26. The summed E-state index contributed by atoms with van der Waals surface area (Å²) in [6.45, 7) is 0. The molecule has 0 bridgehead atoms. The number of pyridine rings is 1. The molecule has 0 atom stereocenters. The Bertz CT molecular complexity index is 898. The minimum absolute atomic E-state index is 0.261. The van der Waals surface area contributed by atoms with E-state index >= 15 is 0 Å². The van der Waals surface area contributed by atoms with Gasteiger partial charge in [0, 0.05) is 12.3 Å². The fourth-order valence-corrected chi connectivity index (χ4v) is 2.17. The van der Waals surface area contributed by atoms with E-state index in [-0.39, 0.29) is 5.56 Å². The van der Waals surface area contributed by atoms with Crippen LogP contribution in [0.3, 0.4) is 0 Å². The van der Waals surface area contributed by atoms with Crippen LogP contribution in [0.15, 0.2) is 65.6 Å². The quantitative estimate of drug-likeness (QED) is 0.744. The van der Waals surface area contributed by atoms with Crippen molar-refractivity contribution in [3.05, 3.63) is 76.7 Å². The number of carbonyl (C=O) groups excluding carboxylic acids is 1. The molecule has 3 rings (SSSR count). The van der Waals surface area contributed by atoms with Crippen molar-refractivity contribution in [2.24, 2.45) is 0 Å². The van der Waals surface area contributed by atoms with Gasteiger partial charge in [0.2, 0.25) is 0 Å². The summed E-state index contributed by atoms with van der Waals surface area (Å²) >= 11 is 0. The Morgan fingerprint density at radius 3 is 2.36 bits per heavy atom. The van der Waals surface area contributed by atoms with Crippen LogP contribution in [0.2, 0.25) is 0 Å². The number of rotatable bonds is 3. The zero-order valence-electron chi connectivity index (χ0n) is 11.9. The first-order valence-electron chi connectivity index (χ1n) is 6.66. The van der Waals surface area contributed by atoms with Crippen molar-refractivity contribution >= 4 is 16.7 Å². The Labute approximate surface area is 126 Å². The van der Waals surface area contributed by atoms with E-state index in [0.29, 0.717) is 5.75 Å². The van der Waals surface area contributed by atoms with Crippen molar-refractivity contribution in [2.45, 2.75) is 0 Å². The first-order valence-corrected chi connectivity index (χ1v) is 6.66. The molecule has 0 radical (unpaired) electrons. The fraction of sp³-hybridized carbons (Fsp3) is 0.0588. The Balaban J connectivity index is 2.03. The van der Waals surface area contributed by atoms with Crippen LogP contribution in [0.25, 0.3) is 10.8 Å². The maximum atomic E-state index is 12.3. The number of hydrogen-bond donors (Lipinski definition) is 0. The first-order chi connectivity index (χ1) is 10.7. The molecule has 0 unspecified atom stereocenters. The van der Waals surface area contributed by atoms with E-state index in [1.807, 2.05) is 24.3 Å². The van der Waals surface area contributed by atoms with Gasteiger partial charge >= 0.3 is 5.97 Å². The van der Waals surface area contributed by atoms with E-state index in [1.54, 1.807) is 24.3 Å². The summed E-state index contributed by atoms with van der Waals surface area (Å²) in [7, 11) is 1.48. The summed E-state index contributed by atoms with van der Waals surface area (Å²) in [6.07, 6.45) is 1.38. The lowest BCUT2D eigenvalue weighted by Gasteiger charge is -2.10. The number of ether oxygens (including phenoxy) is 1. The van der Waals surface area contributed by atoms with Crippen molar-refractivity contribution in [1.82, 2.24) is 4.73 Å². The van der Waals surface area contributed by atoms with Crippen LogP contribution in [-0.2, 0) is 0 Å². The molecule has 5 nitrogen and oxygen atoms in total. The summed E-state index contributed by atoms with van der Waals surface area (Å²) in [5.74, 6) is -0.261. The lowest BCUT2D eigenvalue weighted by atomic mass is 10.1. The fourth-order valence-electron chi connectivity index (χ4n) is 2.17. The molecule has 0 amide bonds. The molecule has 0 spiro atoms. The number of hydrogen-bond acceptors (Lipinski definition) is 4. The van der Waals surface area contributed by atoms with Gasteiger partial charge in [0.1, 0.15) is 11.3 Å². The van der Waals surface area contributed by atoms with E-state index in [2.05, 4.69) is 0 Å². The van der Waals surface area contributed by atoms with Gasteiger partial charge < -0.3 is 9.57 Å². The number of benzene rings is 2. The predicted octanol–water partition coefficient (Wildman–Crippen LogP) is 2.28. The molecule has 1 heterocycles. The highest BCUT2D eigenvalue weighted by atomic mass is 16.7. The van der Waals surface area contributed by atoms with Crippen LogP contribution in [0.5, 0.6) is 5.75 Å². The summed E-state index contributed by atoms with van der Waals surface area (Å²) in [4.78, 5) is 29.0. The number of methoxy groups -OCH3 is 1. The second kappa shape index (κ2) is 5.73. The van der Waals surface area contributed by atoms with Crippen molar-refractivity contribution in [1.29, 1.82) is 0 Å². The minimum atomic E-state index is -0.657. The molecule has 2 aromatic carbocycles. The maximum absolute atomic E-state index is 12.3. The highest BCUT2D eigenvalue weighted by molar-refractivity contribution is 5.98. The van der Waals surface area contributed by atoms with E-state index in [0.717, 1.165) is 15.5 Å². The molecule has 5 heteroatoms. The number of nitrogens with zero attached hydrogens (tertiary/aromatic N) is 1. The molecule has 3 aromatic rings. The largest absolute Gasteiger partial charge is 0.496 e. The van der Waals surface area contributed by atoms with Gasteiger partial charge in [0.05, 0.1) is 7.11 Å². The zero-order valence-corrected chi connectivity index (χ0v) is 11.9. The van der Waals surface area contributed by atoms with Gasteiger partial charge in [-0.1, -0.05) is 30.3 Å². The zero-order chi connectivity index (χ0) is 15.5. The lowest BCUT2D eigenvalue weighted by molar-refractivity contribution is 0.0439. The Morgan fingerprint density at radius 1 is 1.00 bits per heavy atom. The number of aromatic nitrogens is 1. The van der Waals surface area contributed by atoms with Crippen LogP contribution < -0.4 is 15.1 Å². The number of carbonyl (C=O) groups is 1. The first kappa shape index (κ1) is 13.9. The third kappa shape index (κ3) is 2.56. The molecule has 0 N–H and O–H groups in total. The molecule has 0 saturated carbocycles. The van der Waals surface area contributed by atoms with Gasteiger partial charge in [-0.25, -0.2) is 4.79 Å². The molecule has 0 fully saturated rings. The molecule has 110 valence electrons. The van der Waals surface area contributed by atoms with Gasteiger partial charge in [-0.05, 0) is 29.0 Å². The molecule has 1 aromatic heterocycles. The van der Waals surface area contributed by atoms with Crippen LogP contribution in [0.4, 0.5) is 0 Å². The van der Waals surface area contributed by atoms with E-state index < -0.39 is 11.5 Å². The molecule has 0 saturated heterocycles. The molecule has 0 aliphatic rings. The Hall–Kier alpha value is -3.08. The van der Waals surface area contributed by atoms with Crippen molar-refractivity contribution in [3.63, 3.8) is 0 Å². The summed E-state index contributed by atoms with van der Waals surface area (Å²) in [5.41, 5.74) is -0.160. The van der Waals surface area contributed by atoms with Gasteiger partial charge in [-0.3, -0.25) is 4.79 Å². The van der Waals surface area contributed by atoms with E-state index in [4.69, 9.17) is 9.57 Å². The molecule has 22 heavy (non-hydrogen) atoms. The van der Waals surface area contributed by atoms with Crippen LogP contribution in [-0.4, -0.2) is 17.8 Å². The monoisotopic (exact) mass is 295 g/mol. The second-order valence-corrected chi connectivity index (χ2v) is 4.64. The molecule has 0 aliphatic carbocycles. The van der Waals surface area contributed by atoms with Crippen LogP contribution in [0.1, 0.15) is 10.4 Å². The smallest absolute Gasteiger partial charge is 0.367 e. The SMILES string of the molecule is COc1cc2ccccc2cc1C(=O)On1ccccc1=O. The molecule has 0 aliphatic heterocycles.